The number of benzene rings is 1. The van der Waals surface area contributed by atoms with E-state index >= 15 is 0 Å². The molecule has 0 amide bonds. The first-order valence-corrected chi connectivity index (χ1v) is 7.03. The smallest absolute Gasteiger partial charge is 0.0441 e. The molecule has 1 rings (SSSR count). The van der Waals surface area contributed by atoms with Crippen molar-refractivity contribution in [2.45, 2.75) is 52.5 Å². The lowest BCUT2D eigenvalue weighted by Crippen LogP contribution is -2.31. The zero-order chi connectivity index (χ0) is 12.7. The highest BCUT2D eigenvalue weighted by molar-refractivity contribution is 6.31. The second-order valence-electron chi connectivity index (χ2n) is 4.74. The van der Waals surface area contributed by atoms with E-state index in [1.165, 1.54) is 30.4 Å². The second-order valence-corrected chi connectivity index (χ2v) is 5.15. The Hall–Kier alpha value is -0.530. The molecule has 0 heterocycles. The van der Waals surface area contributed by atoms with E-state index in [1.807, 2.05) is 0 Å². The normalized spacial score (nSPS) is 12.7. The molecule has 1 nitrogen and oxygen atoms in total. The predicted molar refractivity (Wildman–Crippen MR) is 76.9 cm³/mol. The Labute approximate surface area is 111 Å². The monoisotopic (exact) mass is 253 g/mol. The van der Waals surface area contributed by atoms with E-state index in [1.54, 1.807) is 0 Å². The average molecular weight is 254 g/mol. The number of nitrogens with one attached hydrogen (secondary N) is 1. The van der Waals surface area contributed by atoms with Crippen LogP contribution < -0.4 is 5.32 Å². The molecule has 1 unspecified atom stereocenters. The maximum atomic E-state index is 6.28. The number of rotatable bonds is 7. The summed E-state index contributed by atoms with van der Waals surface area (Å²) < 4.78 is 0. The van der Waals surface area contributed by atoms with Crippen LogP contribution in [0.4, 0.5) is 0 Å². The Balaban J connectivity index is 2.64. The fraction of sp³-hybridized carbons (Fsp3) is 0.600. The van der Waals surface area contributed by atoms with Crippen LogP contribution >= 0.6 is 11.6 Å². The summed E-state index contributed by atoms with van der Waals surface area (Å²) in [4.78, 5) is 0. The lowest BCUT2D eigenvalue weighted by atomic mass is 10.0. The first-order valence-electron chi connectivity index (χ1n) is 6.65. The summed E-state index contributed by atoms with van der Waals surface area (Å²) >= 11 is 6.28. The Morgan fingerprint density at radius 1 is 1.24 bits per heavy atom. The van der Waals surface area contributed by atoms with Crippen LogP contribution in [0.25, 0.3) is 0 Å². The minimum atomic E-state index is 0.556. The summed E-state index contributed by atoms with van der Waals surface area (Å²) in [5, 5.41) is 4.51. The van der Waals surface area contributed by atoms with Crippen molar-refractivity contribution in [3.8, 4) is 0 Å². The van der Waals surface area contributed by atoms with Gasteiger partial charge < -0.3 is 5.32 Å². The Bertz CT molecular complexity index is 336. The third kappa shape index (κ3) is 5.10. The summed E-state index contributed by atoms with van der Waals surface area (Å²) in [5.41, 5.74) is 2.49. The molecule has 0 saturated carbocycles. The van der Waals surface area contributed by atoms with Crippen LogP contribution in [0.2, 0.25) is 5.02 Å². The highest BCUT2D eigenvalue weighted by Crippen LogP contribution is 2.20. The molecule has 0 fully saturated rings. The maximum Gasteiger partial charge on any atom is 0.0441 e. The lowest BCUT2D eigenvalue weighted by molar-refractivity contribution is 0.473. The summed E-state index contributed by atoms with van der Waals surface area (Å²) in [6.45, 7) is 7.61. The Morgan fingerprint density at radius 3 is 2.59 bits per heavy atom. The maximum absolute atomic E-state index is 6.28. The molecule has 0 aliphatic carbocycles. The molecule has 0 spiro atoms. The summed E-state index contributed by atoms with van der Waals surface area (Å²) in [6, 6.07) is 6.91. The molecule has 1 aromatic rings. The van der Waals surface area contributed by atoms with Gasteiger partial charge in [0, 0.05) is 11.1 Å². The van der Waals surface area contributed by atoms with Gasteiger partial charge in [-0.1, -0.05) is 44.0 Å². The van der Waals surface area contributed by atoms with Crippen molar-refractivity contribution in [2.24, 2.45) is 0 Å². The van der Waals surface area contributed by atoms with Crippen molar-refractivity contribution in [2.75, 3.05) is 6.54 Å². The zero-order valence-electron chi connectivity index (χ0n) is 11.2. The van der Waals surface area contributed by atoms with Crippen LogP contribution in [-0.2, 0) is 6.42 Å². The molecule has 0 aliphatic heterocycles. The molecule has 0 saturated heterocycles. The molecular weight excluding hydrogens is 230 g/mol. The van der Waals surface area contributed by atoms with Crippen LogP contribution in [0.5, 0.6) is 0 Å². The number of hydrogen-bond acceptors (Lipinski definition) is 1. The molecule has 2 heteroatoms. The Morgan fingerprint density at radius 2 is 2.00 bits per heavy atom. The van der Waals surface area contributed by atoms with E-state index in [9.17, 15) is 0 Å². The van der Waals surface area contributed by atoms with E-state index in [0.717, 1.165) is 18.0 Å². The summed E-state index contributed by atoms with van der Waals surface area (Å²) in [7, 11) is 0. The van der Waals surface area contributed by atoms with Crippen LogP contribution in [0.3, 0.4) is 0 Å². The quantitative estimate of drug-likeness (QED) is 0.761. The van der Waals surface area contributed by atoms with Crippen LogP contribution in [0, 0.1) is 6.92 Å². The van der Waals surface area contributed by atoms with Gasteiger partial charge in [0.1, 0.15) is 0 Å². The standard InChI is InChI=1S/C15H24ClN/c1-4-6-14(17-9-5-2)11-13-8-7-12(3)10-15(13)16/h7-8,10,14,17H,4-6,9,11H2,1-3H3. The van der Waals surface area contributed by atoms with Gasteiger partial charge in [-0.15, -0.1) is 0 Å². The van der Waals surface area contributed by atoms with Crippen molar-refractivity contribution in [3.63, 3.8) is 0 Å². The fourth-order valence-electron chi connectivity index (χ4n) is 2.06. The second kappa shape index (κ2) is 7.73. The van der Waals surface area contributed by atoms with Gasteiger partial charge in [0.25, 0.3) is 0 Å². The van der Waals surface area contributed by atoms with Crippen molar-refractivity contribution in [1.82, 2.24) is 5.32 Å². The lowest BCUT2D eigenvalue weighted by Gasteiger charge is -2.18. The number of hydrogen-bond donors (Lipinski definition) is 1. The molecule has 0 radical (unpaired) electrons. The van der Waals surface area contributed by atoms with Crippen molar-refractivity contribution >= 4 is 11.6 Å². The van der Waals surface area contributed by atoms with Gasteiger partial charge in [0.15, 0.2) is 0 Å². The predicted octanol–water partition coefficient (Wildman–Crippen LogP) is 4.36. The van der Waals surface area contributed by atoms with Crippen LogP contribution in [0.15, 0.2) is 18.2 Å². The molecule has 96 valence electrons. The minimum Gasteiger partial charge on any atom is -0.314 e. The highest BCUT2D eigenvalue weighted by Gasteiger charge is 2.10. The largest absolute Gasteiger partial charge is 0.314 e. The molecular formula is C15H24ClN. The van der Waals surface area contributed by atoms with Crippen molar-refractivity contribution in [3.05, 3.63) is 34.3 Å². The van der Waals surface area contributed by atoms with E-state index in [4.69, 9.17) is 11.6 Å². The van der Waals surface area contributed by atoms with E-state index in [2.05, 4.69) is 44.3 Å². The SMILES string of the molecule is CCCNC(CCC)Cc1ccc(C)cc1Cl. The molecule has 1 aromatic carbocycles. The zero-order valence-corrected chi connectivity index (χ0v) is 12.0. The third-order valence-electron chi connectivity index (χ3n) is 3.00. The van der Waals surface area contributed by atoms with E-state index in [-0.39, 0.29) is 0 Å². The molecule has 1 atom stereocenters. The molecule has 0 aliphatic rings. The average Bonchev–Trinajstić information content (AvgIpc) is 2.29. The molecule has 0 aromatic heterocycles. The molecule has 17 heavy (non-hydrogen) atoms. The van der Waals surface area contributed by atoms with Gasteiger partial charge in [-0.2, -0.15) is 0 Å². The molecule has 1 N–H and O–H groups in total. The first kappa shape index (κ1) is 14.5. The topological polar surface area (TPSA) is 12.0 Å². The van der Waals surface area contributed by atoms with Gasteiger partial charge in [-0.3, -0.25) is 0 Å². The summed E-state index contributed by atoms with van der Waals surface area (Å²) in [6.07, 6.45) is 4.64. The van der Waals surface area contributed by atoms with Gasteiger partial charge in [-0.05, 0) is 49.9 Å². The van der Waals surface area contributed by atoms with Gasteiger partial charge >= 0.3 is 0 Å². The van der Waals surface area contributed by atoms with Gasteiger partial charge in [0.2, 0.25) is 0 Å². The molecule has 0 bridgehead atoms. The summed E-state index contributed by atoms with van der Waals surface area (Å²) in [5.74, 6) is 0. The number of aryl methyl sites for hydroxylation is 1. The third-order valence-corrected chi connectivity index (χ3v) is 3.35. The van der Waals surface area contributed by atoms with E-state index < -0.39 is 0 Å². The minimum absolute atomic E-state index is 0.556. The van der Waals surface area contributed by atoms with Gasteiger partial charge in [0.05, 0.1) is 0 Å². The van der Waals surface area contributed by atoms with Gasteiger partial charge in [-0.25, -0.2) is 0 Å². The fourth-order valence-corrected chi connectivity index (χ4v) is 2.37. The highest BCUT2D eigenvalue weighted by atomic mass is 35.5. The van der Waals surface area contributed by atoms with Crippen LogP contribution in [-0.4, -0.2) is 12.6 Å². The Kier molecular flexibility index (Phi) is 6.61. The van der Waals surface area contributed by atoms with Crippen LogP contribution in [0.1, 0.15) is 44.2 Å². The van der Waals surface area contributed by atoms with Crippen molar-refractivity contribution < 1.29 is 0 Å². The number of halogens is 1. The van der Waals surface area contributed by atoms with E-state index in [0.29, 0.717) is 6.04 Å². The van der Waals surface area contributed by atoms with Crippen molar-refractivity contribution in [1.29, 1.82) is 0 Å². The first-order chi connectivity index (χ1) is 8.17.